The van der Waals surface area contributed by atoms with Crippen LogP contribution in [0.5, 0.6) is 0 Å². The van der Waals surface area contributed by atoms with Gasteiger partial charge in [-0.2, -0.15) is 5.10 Å². The van der Waals surface area contributed by atoms with Crippen molar-refractivity contribution in [1.29, 1.82) is 0 Å². The molecule has 1 aromatic heterocycles. The van der Waals surface area contributed by atoms with Gasteiger partial charge in [-0.3, -0.25) is 0 Å². The van der Waals surface area contributed by atoms with Gasteiger partial charge in [-0.15, -0.1) is 0 Å². The monoisotopic (exact) mass is 235 g/mol. The van der Waals surface area contributed by atoms with Crippen molar-refractivity contribution in [2.24, 2.45) is 5.10 Å². The third kappa shape index (κ3) is 2.33. The van der Waals surface area contributed by atoms with E-state index >= 15 is 0 Å². The molecule has 0 saturated carbocycles. The Morgan fingerprint density at radius 2 is 2.41 bits per heavy atom. The average molecular weight is 235 g/mol. The number of nitrogens with one attached hydrogen (secondary N) is 1. The molecule has 1 aliphatic rings. The lowest BCUT2D eigenvalue weighted by atomic mass is 10.4. The maximum absolute atomic E-state index is 11.2. The van der Waals surface area contributed by atoms with E-state index in [2.05, 4.69) is 17.0 Å². The lowest BCUT2D eigenvalue weighted by Gasteiger charge is -2.03. The number of carbonyl (C=O) groups is 2. The van der Waals surface area contributed by atoms with Gasteiger partial charge in [0.1, 0.15) is 5.76 Å². The van der Waals surface area contributed by atoms with Gasteiger partial charge in [0.25, 0.3) is 0 Å². The fourth-order valence-electron chi connectivity index (χ4n) is 1.26. The van der Waals surface area contributed by atoms with Crippen LogP contribution in [0.4, 0.5) is 4.79 Å². The van der Waals surface area contributed by atoms with Gasteiger partial charge in [0, 0.05) is 5.70 Å². The summed E-state index contributed by atoms with van der Waals surface area (Å²) in [6.45, 7) is 3.87. The first kappa shape index (κ1) is 10.9. The molecule has 1 saturated heterocycles. The molecule has 0 aliphatic carbocycles. The molecule has 1 fully saturated rings. The highest BCUT2D eigenvalue weighted by molar-refractivity contribution is 5.87. The van der Waals surface area contributed by atoms with Gasteiger partial charge in [-0.25, -0.2) is 14.6 Å². The van der Waals surface area contributed by atoms with E-state index in [4.69, 9.17) is 9.52 Å². The van der Waals surface area contributed by atoms with Crippen molar-refractivity contribution in [2.45, 2.75) is 0 Å². The summed E-state index contributed by atoms with van der Waals surface area (Å²) < 4.78 is 4.94. The number of hydrazone groups is 1. The topological polar surface area (TPSA) is 95.1 Å². The summed E-state index contributed by atoms with van der Waals surface area (Å²) in [6, 6.07) is 2.39. The second kappa shape index (κ2) is 4.12. The van der Waals surface area contributed by atoms with Crippen LogP contribution in [0.3, 0.4) is 0 Å². The van der Waals surface area contributed by atoms with Crippen LogP contribution >= 0.6 is 0 Å². The number of hydrogen-bond donors (Lipinski definition) is 2. The van der Waals surface area contributed by atoms with Crippen molar-refractivity contribution in [3.8, 4) is 0 Å². The predicted octanol–water partition coefficient (Wildman–Crippen LogP) is 0.851. The number of aromatic carboxylic acids is 1. The molecule has 0 aromatic carbocycles. The molecule has 2 rings (SSSR count). The Labute approximate surface area is 96.0 Å². The smallest absolute Gasteiger partial charge is 0.371 e. The molecule has 7 heteroatoms. The van der Waals surface area contributed by atoms with Crippen molar-refractivity contribution >= 4 is 18.2 Å². The summed E-state index contributed by atoms with van der Waals surface area (Å²) in [6.07, 6.45) is 1.27. The van der Waals surface area contributed by atoms with Crippen LogP contribution in [-0.2, 0) is 0 Å². The zero-order valence-electron chi connectivity index (χ0n) is 8.71. The Hall–Kier alpha value is -2.57. The Morgan fingerprint density at radius 3 is 2.94 bits per heavy atom. The van der Waals surface area contributed by atoms with E-state index in [9.17, 15) is 9.59 Å². The molecule has 17 heavy (non-hydrogen) atoms. The summed E-state index contributed by atoms with van der Waals surface area (Å²) in [5.74, 6) is -1.08. The summed E-state index contributed by atoms with van der Waals surface area (Å²) >= 11 is 0. The minimum Gasteiger partial charge on any atom is -0.475 e. The molecule has 7 nitrogen and oxygen atoms in total. The van der Waals surface area contributed by atoms with E-state index in [-0.39, 0.29) is 24.1 Å². The van der Waals surface area contributed by atoms with E-state index in [0.29, 0.717) is 5.70 Å². The molecule has 88 valence electrons. The van der Waals surface area contributed by atoms with Crippen molar-refractivity contribution < 1.29 is 19.1 Å². The predicted molar refractivity (Wildman–Crippen MR) is 57.6 cm³/mol. The van der Waals surface area contributed by atoms with E-state index in [1.54, 1.807) is 0 Å². The van der Waals surface area contributed by atoms with Crippen molar-refractivity contribution in [3.05, 3.63) is 35.9 Å². The van der Waals surface area contributed by atoms with Gasteiger partial charge in [-0.1, -0.05) is 6.58 Å². The molecule has 0 spiro atoms. The summed E-state index contributed by atoms with van der Waals surface area (Å²) in [4.78, 5) is 21.8. The van der Waals surface area contributed by atoms with Gasteiger partial charge in [0.2, 0.25) is 5.76 Å². The Bertz CT molecular complexity index is 517. The Kier molecular flexibility index (Phi) is 2.65. The minimum absolute atomic E-state index is 0.179. The molecular weight excluding hydrogens is 226 g/mol. The molecule has 0 radical (unpaired) electrons. The van der Waals surface area contributed by atoms with Crippen molar-refractivity contribution in [1.82, 2.24) is 10.3 Å². The van der Waals surface area contributed by atoms with E-state index in [1.807, 2.05) is 0 Å². The Morgan fingerprint density at radius 1 is 1.65 bits per heavy atom. The SMILES string of the molecule is C=C1CN(/N=C/c2ccc(C(=O)O)o2)C(=O)N1. The normalized spacial score (nSPS) is 15.6. The number of urea groups is 1. The minimum atomic E-state index is -1.16. The summed E-state index contributed by atoms with van der Waals surface area (Å²) in [5.41, 5.74) is 0.554. The highest BCUT2D eigenvalue weighted by Gasteiger charge is 2.21. The molecule has 0 unspecified atom stereocenters. The standard InChI is InChI=1S/C10H9N3O4/c1-6-5-13(10(16)12-6)11-4-7-2-3-8(17-7)9(14)15/h2-4H,1,5H2,(H,12,16)(H,14,15)/b11-4+. The van der Waals surface area contributed by atoms with E-state index in [1.165, 1.54) is 18.3 Å². The molecule has 1 aromatic rings. The third-order valence-electron chi connectivity index (χ3n) is 2.02. The number of rotatable bonds is 3. The molecular formula is C10H9N3O4. The van der Waals surface area contributed by atoms with Crippen molar-refractivity contribution in [2.75, 3.05) is 6.54 Å². The number of furan rings is 1. The summed E-state index contributed by atoms with van der Waals surface area (Å²) in [5, 5.41) is 16.1. The number of amides is 2. The van der Waals surface area contributed by atoms with Gasteiger partial charge >= 0.3 is 12.0 Å². The molecule has 0 atom stereocenters. The lowest BCUT2D eigenvalue weighted by Crippen LogP contribution is -2.22. The lowest BCUT2D eigenvalue weighted by molar-refractivity contribution is 0.0662. The fraction of sp³-hybridized carbons (Fsp3) is 0.100. The largest absolute Gasteiger partial charge is 0.475 e. The van der Waals surface area contributed by atoms with Gasteiger partial charge in [0.05, 0.1) is 12.8 Å². The van der Waals surface area contributed by atoms with Gasteiger partial charge in [0.15, 0.2) is 0 Å². The molecule has 1 aliphatic heterocycles. The van der Waals surface area contributed by atoms with Crippen LogP contribution in [0.15, 0.2) is 33.9 Å². The second-order valence-corrected chi connectivity index (χ2v) is 3.34. The van der Waals surface area contributed by atoms with Gasteiger partial charge in [-0.05, 0) is 12.1 Å². The average Bonchev–Trinajstić information content (AvgIpc) is 2.82. The number of carboxylic acids is 1. The first-order valence-electron chi connectivity index (χ1n) is 4.69. The first-order chi connectivity index (χ1) is 8.06. The van der Waals surface area contributed by atoms with Crippen LogP contribution in [0.1, 0.15) is 16.3 Å². The van der Waals surface area contributed by atoms with E-state index in [0.717, 1.165) is 5.01 Å². The Balaban J connectivity index is 2.07. The van der Waals surface area contributed by atoms with E-state index < -0.39 is 5.97 Å². The zero-order valence-corrected chi connectivity index (χ0v) is 8.71. The number of hydrogen-bond acceptors (Lipinski definition) is 4. The molecule has 2 amide bonds. The molecule has 0 bridgehead atoms. The van der Waals surface area contributed by atoms with Gasteiger partial charge < -0.3 is 14.8 Å². The third-order valence-corrected chi connectivity index (χ3v) is 2.02. The maximum Gasteiger partial charge on any atom is 0.371 e. The number of carbonyl (C=O) groups excluding carboxylic acids is 1. The van der Waals surface area contributed by atoms with Crippen molar-refractivity contribution in [3.63, 3.8) is 0 Å². The highest BCUT2D eigenvalue weighted by Crippen LogP contribution is 2.08. The van der Waals surface area contributed by atoms with Crippen LogP contribution in [0, 0.1) is 0 Å². The van der Waals surface area contributed by atoms with Crippen LogP contribution in [0.25, 0.3) is 0 Å². The van der Waals surface area contributed by atoms with Crippen LogP contribution < -0.4 is 5.32 Å². The summed E-state index contributed by atoms with van der Waals surface area (Å²) in [7, 11) is 0. The van der Waals surface area contributed by atoms with Crippen LogP contribution in [0.2, 0.25) is 0 Å². The maximum atomic E-state index is 11.2. The number of carboxylic acid groups (broad SMARTS) is 1. The van der Waals surface area contributed by atoms with Crippen LogP contribution in [-0.4, -0.2) is 34.9 Å². The highest BCUT2D eigenvalue weighted by atomic mass is 16.4. The second-order valence-electron chi connectivity index (χ2n) is 3.34. The quantitative estimate of drug-likeness (QED) is 0.759. The molecule has 2 N–H and O–H groups in total. The fourth-order valence-corrected chi connectivity index (χ4v) is 1.26. The zero-order chi connectivity index (χ0) is 12.4. The number of nitrogens with zero attached hydrogens (tertiary/aromatic N) is 2. The molecule has 2 heterocycles. The first-order valence-corrected chi connectivity index (χ1v) is 4.69.